The Hall–Kier alpha value is -6.97. The van der Waals surface area contributed by atoms with Crippen LogP contribution in [0.4, 0.5) is 0 Å². The van der Waals surface area contributed by atoms with Gasteiger partial charge in [0, 0.05) is 38.4 Å². The molecule has 0 aliphatic heterocycles. The molecular formula is C49H30N2O. The molecule has 0 spiro atoms. The summed E-state index contributed by atoms with van der Waals surface area (Å²) in [5.41, 5.74) is 11.3. The van der Waals surface area contributed by atoms with Gasteiger partial charge in [0.1, 0.15) is 11.2 Å². The average molecular weight is 663 g/mol. The third kappa shape index (κ3) is 4.36. The average Bonchev–Trinajstić information content (AvgIpc) is 3.78. The van der Waals surface area contributed by atoms with Crippen LogP contribution in [0, 0.1) is 0 Å². The Morgan fingerprint density at radius 3 is 1.71 bits per heavy atom. The van der Waals surface area contributed by atoms with Crippen LogP contribution in [0.1, 0.15) is 0 Å². The second-order valence-corrected chi connectivity index (χ2v) is 13.5. The van der Waals surface area contributed by atoms with Gasteiger partial charge in [-0.3, -0.25) is 0 Å². The molecule has 0 atom stereocenters. The number of rotatable bonds is 4. The number of fused-ring (bicyclic) bond motifs is 10. The second kappa shape index (κ2) is 11.3. The molecule has 11 rings (SSSR count). The van der Waals surface area contributed by atoms with E-state index in [1.807, 2.05) is 12.1 Å². The third-order valence-electron chi connectivity index (χ3n) is 10.6. The number of nitrogens with zero attached hydrogens (tertiary/aromatic N) is 2. The van der Waals surface area contributed by atoms with Gasteiger partial charge in [-0.05, 0) is 81.2 Å². The van der Waals surface area contributed by atoms with Crippen molar-refractivity contribution in [3.63, 3.8) is 0 Å². The largest absolute Gasteiger partial charge is 0.455 e. The normalized spacial score (nSPS) is 11.8. The van der Waals surface area contributed by atoms with Crippen LogP contribution in [0.15, 0.2) is 186 Å². The number of benzene rings is 8. The Bertz CT molecular complexity index is 3080. The summed E-state index contributed by atoms with van der Waals surface area (Å²) in [6.07, 6.45) is 0. The van der Waals surface area contributed by atoms with E-state index >= 15 is 0 Å². The van der Waals surface area contributed by atoms with E-state index in [0.717, 1.165) is 61.3 Å². The predicted molar refractivity (Wildman–Crippen MR) is 217 cm³/mol. The fraction of sp³-hybridized carbons (Fsp3) is 0. The van der Waals surface area contributed by atoms with Crippen LogP contribution in [0.5, 0.6) is 0 Å². The van der Waals surface area contributed by atoms with Crippen LogP contribution in [-0.2, 0) is 0 Å². The van der Waals surface area contributed by atoms with E-state index in [4.69, 9.17) is 9.40 Å². The van der Waals surface area contributed by atoms with E-state index < -0.39 is 0 Å². The highest BCUT2D eigenvalue weighted by Crippen LogP contribution is 2.41. The molecule has 0 saturated heterocycles. The molecule has 52 heavy (non-hydrogen) atoms. The van der Waals surface area contributed by atoms with Gasteiger partial charge in [0.2, 0.25) is 0 Å². The van der Waals surface area contributed by atoms with E-state index in [0.29, 0.717) is 0 Å². The highest BCUT2D eigenvalue weighted by molar-refractivity contribution is 6.28. The summed E-state index contributed by atoms with van der Waals surface area (Å²) in [5, 5.41) is 9.81. The number of para-hydroxylation sites is 2. The van der Waals surface area contributed by atoms with E-state index in [2.05, 4.69) is 174 Å². The van der Waals surface area contributed by atoms with Crippen molar-refractivity contribution >= 4 is 65.3 Å². The lowest BCUT2D eigenvalue weighted by atomic mass is 9.99. The Labute approximate surface area is 299 Å². The molecule has 0 saturated carbocycles. The van der Waals surface area contributed by atoms with Gasteiger partial charge < -0.3 is 8.98 Å². The van der Waals surface area contributed by atoms with Gasteiger partial charge in [0.05, 0.1) is 22.4 Å². The summed E-state index contributed by atoms with van der Waals surface area (Å²) in [7, 11) is 0. The van der Waals surface area contributed by atoms with Crippen molar-refractivity contribution in [2.45, 2.75) is 0 Å². The first-order valence-corrected chi connectivity index (χ1v) is 17.7. The minimum Gasteiger partial charge on any atom is -0.455 e. The fourth-order valence-corrected chi connectivity index (χ4v) is 8.17. The lowest BCUT2D eigenvalue weighted by Crippen LogP contribution is -1.95. The Morgan fingerprint density at radius 1 is 0.404 bits per heavy atom. The molecule has 0 amide bonds. The monoisotopic (exact) mass is 662 g/mol. The SMILES string of the molecule is c1ccc(-c2cc(-c3ccc(-n4c5ccc6ccccc6c5c5c6ccccc6ccc54)cc3)nc(-c3cccc4c3oc3ccccc34)c2)cc1. The van der Waals surface area contributed by atoms with E-state index in [1.54, 1.807) is 0 Å². The molecule has 8 aromatic carbocycles. The van der Waals surface area contributed by atoms with Crippen molar-refractivity contribution in [2.75, 3.05) is 0 Å². The summed E-state index contributed by atoms with van der Waals surface area (Å²) in [6.45, 7) is 0. The molecule has 3 heteroatoms. The van der Waals surface area contributed by atoms with Gasteiger partial charge in [-0.15, -0.1) is 0 Å². The Kier molecular flexibility index (Phi) is 6.25. The second-order valence-electron chi connectivity index (χ2n) is 13.5. The molecule has 0 unspecified atom stereocenters. The van der Waals surface area contributed by atoms with Crippen molar-refractivity contribution in [1.29, 1.82) is 0 Å². The Morgan fingerprint density at radius 2 is 1.00 bits per heavy atom. The lowest BCUT2D eigenvalue weighted by molar-refractivity contribution is 0.670. The van der Waals surface area contributed by atoms with E-state index in [1.165, 1.54) is 43.4 Å². The van der Waals surface area contributed by atoms with E-state index in [9.17, 15) is 0 Å². The standard InChI is InChI=1S/C49H30N2O/c1-2-11-31(12-3-1)35-29-42(50-43(30-35)41-19-10-18-40-39-17-8-9-20-46(39)52-49(40)41)34-21-25-36(26-22-34)51-44-27-23-32-13-4-6-15-37(32)47(44)48-38-16-7-5-14-33(38)24-28-45(48)51/h1-30H. The van der Waals surface area contributed by atoms with Crippen LogP contribution in [0.2, 0.25) is 0 Å². The minimum atomic E-state index is 0.856. The summed E-state index contributed by atoms with van der Waals surface area (Å²) in [4.78, 5) is 5.31. The number of aromatic nitrogens is 2. The van der Waals surface area contributed by atoms with Gasteiger partial charge in [-0.25, -0.2) is 4.98 Å². The first kappa shape index (κ1) is 28.8. The van der Waals surface area contributed by atoms with Crippen molar-refractivity contribution in [2.24, 2.45) is 0 Å². The van der Waals surface area contributed by atoms with Crippen LogP contribution < -0.4 is 0 Å². The smallest absolute Gasteiger partial charge is 0.144 e. The highest BCUT2D eigenvalue weighted by atomic mass is 16.3. The topological polar surface area (TPSA) is 31.0 Å². The predicted octanol–water partition coefficient (Wildman–Crippen LogP) is 13.4. The van der Waals surface area contributed by atoms with Crippen molar-refractivity contribution in [1.82, 2.24) is 9.55 Å². The Balaban J connectivity index is 1.11. The lowest BCUT2D eigenvalue weighted by Gasteiger charge is -2.12. The zero-order chi connectivity index (χ0) is 34.2. The molecule has 0 aliphatic carbocycles. The number of hydrogen-bond donors (Lipinski definition) is 0. The first-order valence-electron chi connectivity index (χ1n) is 17.7. The molecule has 0 fully saturated rings. The number of pyridine rings is 1. The fourth-order valence-electron chi connectivity index (χ4n) is 8.17. The number of furan rings is 1. The van der Waals surface area contributed by atoms with Gasteiger partial charge in [0.15, 0.2) is 0 Å². The molecule has 242 valence electrons. The molecule has 3 heterocycles. The quantitative estimate of drug-likeness (QED) is 0.188. The maximum Gasteiger partial charge on any atom is 0.144 e. The first-order chi connectivity index (χ1) is 25.8. The molecular weight excluding hydrogens is 633 g/mol. The van der Waals surface area contributed by atoms with Gasteiger partial charge in [0.25, 0.3) is 0 Å². The van der Waals surface area contributed by atoms with Crippen molar-refractivity contribution in [3.05, 3.63) is 182 Å². The van der Waals surface area contributed by atoms with E-state index in [-0.39, 0.29) is 0 Å². The molecule has 3 aromatic heterocycles. The zero-order valence-electron chi connectivity index (χ0n) is 28.1. The molecule has 0 bridgehead atoms. The van der Waals surface area contributed by atoms with Gasteiger partial charge in [-0.1, -0.05) is 133 Å². The van der Waals surface area contributed by atoms with Crippen LogP contribution in [-0.4, -0.2) is 9.55 Å². The van der Waals surface area contributed by atoms with Crippen molar-refractivity contribution in [3.8, 4) is 39.3 Å². The summed E-state index contributed by atoms with van der Waals surface area (Å²) < 4.78 is 8.88. The maximum absolute atomic E-state index is 6.47. The van der Waals surface area contributed by atoms with Crippen LogP contribution in [0.25, 0.3) is 105 Å². The van der Waals surface area contributed by atoms with Crippen LogP contribution in [0.3, 0.4) is 0 Å². The molecule has 11 aromatic rings. The molecule has 0 N–H and O–H groups in total. The summed E-state index contributed by atoms with van der Waals surface area (Å²) >= 11 is 0. The van der Waals surface area contributed by atoms with Crippen molar-refractivity contribution < 1.29 is 4.42 Å². The van der Waals surface area contributed by atoms with Gasteiger partial charge in [-0.2, -0.15) is 0 Å². The maximum atomic E-state index is 6.47. The molecule has 3 nitrogen and oxygen atoms in total. The van der Waals surface area contributed by atoms with Crippen LogP contribution >= 0.6 is 0 Å². The number of hydrogen-bond acceptors (Lipinski definition) is 2. The molecule has 0 aliphatic rings. The minimum absolute atomic E-state index is 0.856. The summed E-state index contributed by atoms with van der Waals surface area (Å²) in [5.74, 6) is 0. The zero-order valence-corrected chi connectivity index (χ0v) is 28.1. The summed E-state index contributed by atoms with van der Waals surface area (Å²) in [6, 6.07) is 64.8. The van der Waals surface area contributed by atoms with Gasteiger partial charge >= 0.3 is 0 Å². The molecule has 0 radical (unpaired) electrons. The highest BCUT2D eigenvalue weighted by Gasteiger charge is 2.19. The third-order valence-corrected chi connectivity index (χ3v) is 10.6.